The molecule has 2 aromatic rings. The Morgan fingerprint density at radius 1 is 1.00 bits per heavy atom. The third-order valence-electron chi connectivity index (χ3n) is 2.97. The van der Waals surface area contributed by atoms with E-state index in [0.29, 0.717) is 6.42 Å². The van der Waals surface area contributed by atoms with Gasteiger partial charge in [-0.05, 0) is 36.1 Å². The van der Waals surface area contributed by atoms with Crippen LogP contribution in [0.5, 0.6) is 0 Å². The molecule has 1 heterocycles. The maximum atomic E-state index is 9.04. The van der Waals surface area contributed by atoms with Gasteiger partial charge in [0.2, 0.25) is 0 Å². The minimum absolute atomic E-state index is 0.158. The van der Waals surface area contributed by atoms with Gasteiger partial charge in [0.05, 0.1) is 0 Å². The van der Waals surface area contributed by atoms with Gasteiger partial charge in [-0.25, -0.2) is 0 Å². The van der Waals surface area contributed by atoms with Crippen molar-refractivity contribution in [3.05, 3.63) is 72.1 Å². The number of aromatic amines is 1. The topological polar surface area (TPSA) is 36.0 Å². The summed E-state index contributed by atoms with van der Waals surface area (Å²) in [5.41, 5.74) is 4.69. The van der Waals surface area contributed by atoms with Crippen molar-refractivity contribution in [3.63, 3.8) is 0 Å². The lowest BCUT2D eigenvalue weighted by molar-refractivity contribution is 0.299. The van der Waals surface area contributed by atoms with Crippen LogP contribution in [0.3, 0.4) is 0 Å². The summed E-state index contributed by atoms with van der Waals surface area (Å²) in [4.78, 5) is 3.10. The van der Waals surface area contributed by atoms with Gasteiger partial charge in [-0.1, -0.05) is 48.0 Å². The Morgan fingerprint density at radius 2 is 1.84 bits per heavy atom. The predicted molar refractivity (Wildman–Crippen MR) is 79.4 cm³/mol. The molecule has 1 aromatic heterocycles. The molecule has 2 heteroatoms. The molecule has 0 aliphatic rings. The normalized spacial score (nSPS) is 10.0. The van der Waals surface area contributed by atoms with E-state index in [-0.39, 0.29) is 6.61 Å². The van der Waals surface area contributed by atoms with E-state index in [1.807, 2.05) is 24.5 Å². The largest absolute Gasteiger partial charge is 0.396 e. The van der Waals surface area contributed by atoms with E-state index in [1.165, 1.54) is 11.1 Å². The molecule has 98 valence electrons. The molecule has 0 aliphatic carbocycles. The average Bonchev–Trinajstić information content (AvgIpc) is 2.52. The summed E-state index contributed by atoms with van der Waals surface area (Å²) < 4.78 is 0. The molecular formula is C17H19NO. The first-order valence-corrected chi connectivity index (χ1v) is 6.47. The van der Waals surface area contributed by atoms with Gasteiger partial charge in [-0.15, -0.1) is 0 Å². The van der Waals surface area contributed by atoms with Crippen LogP contribution in [0.2, 0.25) is 0 Å². The molecule has 0 atom stereocenters. The molecule has 2 rings (SSSR count). The lowest BCUT2D eigenvalue weighted by Crippen LogP contribution is -1.88. The SMILES string of the molecule is Cc1cccc(-c2ccc[nH]cc(CCO)cc2)c1. The fourth-order valence-corrected chi connectivity index (χ4v) is 1.96. The van der Waals surface area contributed by atoms with Gasteiger partial charge >= 0.3 is 0 Å². The van der Waals surface area contributed by atoms with Gasteiger partial charge in [-0.3, -0.25) is 0 Å². The van der Waals surface area contributed by atoms with Crippen molar-refractivity contribution < 1.29 is 5.11 Å². The highest BCUT2D eigenvalue weighted by atomic mass is 16.2. The molecule has 1 aromatic carbocycles. The summed E-state index contributed by atoms with van der Waals surface area (Å²) in [5.74, 6) is 0. The van der Waals surface area contributed by atoms with E-state index in [9.17, 15) is 0 Å². The Bertz CT molecular complexity index is 585. The summed E-state index contributed by atoms with van der Waals surface area (Å²) in [6, 6.07) is 16.6. The van der Waals surface area contributed by atoms with Crippen LogP contribution in [0.4, 0.5) is 0 Å². The standard InChI is InChI=1S/C17H19NO/c1-14-4-2-5-17(12-14)16-6-3-10-18-13-15(7-8-16)9-11-19/h2-8,10,12-13,18-19H,9,11H2,1H3. The quantitative estimate of drug-likeness (QED) is 0.860. The van der Waals surface area contributed by atoms with E-state index < -0.39 is 0 Å². The van der Waals surface area contributed by atoms with Crippen molar-refractivity contribution in [2.45, 2.75) is 13.3 Å². The molecule has 0 saturated carbocycles. The molecule has 0 saturated heterocycles. The van der Waals surface area contributed by atoms with Crippen LogP contribution in [0, 0.1) is 6.92 Å². The van der Waals surface area contributed by atoms with E-state index >= 15 is 0 Å². The first-order chi connectivity index (χ1) is 9.29. The Labute approximate surface area is 114 Å². The smallest absolute Gasteiger partial charge is 0.0471 e. The molecule has 0 amide bonds. The zero-order valence-electron chi connectivity index (χ0n) is 11.1. The van der Waals surface area contributed by atoms with Gasteiger partial charge < -0.3 is 10.1 Å². The number of aliphatic hydroxyl groups excluding tert-OH is 1. The first-order valence-electron chi connectivity index (χ1n) is 6.47. The minimum Gasteiger partial charge on any atom is -0.396 e. The lowest BCUT2D eigenvalue weighted by atomic mass is 10.0. The third-order valence-corrected chi connectivity index (χ3v) is 2.97. The van der Waals surface area contributed by atoms with Crippen LogP contribution in [-0.2, 0) is 6.42 Å². The minimum atomic E-state index is 0.158. The molecule has 19 heavy (non-hydrogen) atoms. The number of nitrogens with one attached hydrogen (secondary N) is 1. The molecule has 0 spiro atoms. The van der Waals surface area contributed by atoms with Crippen LogP contribution >= 0.6 is 0 Å². The monoisotopic (exact) mass is 253 g/mol. The molecule has 0 bridgehead atoms. The number of aromatic nitrogens is 1. The highest BCUT2D eigenvalue weighted by molar-refractivity contribution is 5.63. The Balaban J connectivity index is 2.48. The van der Waals surface area contributed by atoms with Crippen LogP contribution < -0.4 is 0 Å². The number of H-pyrrole nitrogens is 1. The number of aryl methyl sites for hydroxylation is 1. The second kappa shape index (κ2) is 6.76. The summed E-state index contributed by atoms with van der Waals surface area (Å²) in [6.45, 7) is 2.25. The lowest BCUT2D eigenvalue weighted by Gasteiger charge is -2.00. The maximum Gasteiger partial charge on any atom is 0.0471 e. The fraction of sp³-hybridized carbons (Fsp3) is 0.176. The molecular weight excluding hydrogens is 234 g/mol. The van der Waals surface area contributed by atoms with E-state index in [2.05, 4.69) is 48.3 Å². The molecule has 2 nitrogen and oxygen atoms in total. The second-order valence-electron chi connectivity index (χ2n) is 4.54. The van der Waals surface area contributed by atoms with Gasteiger partial charge in [0.15, 0.2) is 0 Å². The number of rotatable bonds is 3. The maximum absolute atomic E-state index is 9.04. The van der Waals surface area contributed by atoms with Crippen molar-refractivity contribution in [1.29, 1.82) is 0 Å². The zero-order chi connectivity index (χ0) is 13.5. The first kappa shape index (κ1) is 13.4. The van der Waals surface area contributed by atoms with Crippen LogP contribution in [0.15, 0.2) is 60.9 Å². The van der Waals surface area contributed by atoms with E-state index in [4.69, 9.17) is 5.11 Å². The summed E-state index contributed by atoms with van der Waals surface area (Å²) in [5, 5.41) is 9.04. The van der Waals surface area contributed by atoms with Gasteiger partial charge in [0.25, 0.3) is 0 Å². The number of benzene rings is 1. The van der Waals surface area contributed by atoms with Gasteiger partial charge in [-0.2, -0.15) is 0 Å². The number of aliphatic hydroxyl groups is 1. The van der Waals surface area contributed by atoms with Crippen molar-refractivity contribution >= 4 is 0 Å². The predicted octanol–water partition coefficient (Wildman–Crippen LogP) is 3.65. The van der Waals surface area contributed by atoms with E-state index in [0.717, 1.165) is 11.1 Å². The van der Waals surface area contributed by atoms with Gasteiger partial charge in [0.1, 0.15) is 0 Å². The number of hydrogen-bond donors (Lipinski definition) is 2. The second-order valence-corrected chi connectivity index (χ2v) is 4.54. The summed E-state index contributed by atoms with van der Waals surface area (Å²) in [6.07, 6.45) is 4.45. The molecule has 0 aliphatic heterocycles. The molecule has 0 radical (unpaired) electrons. The van der Waals surface area contributed by atoms with Crippen molar-refractivity contribution in [3.8, 4) is 11.1 Å². The summed E-state index contributed by atoms with van der Waals surface area (Å²) >= 11 is 0. The van der Waals surface area contributed by atoms with Crippen LogP contribution in [-0.4, -0.2) is 16.7 Å². The fourth-order valence-electron chi connectivity index (χ4n) is 1.96. The zero-order valence-corrected chi connectivity index (χ0v) is 11.1. The molecule has 2 N–H and O–H groups in total. The summed E-state index contributed by atoms with van der Waals surface area (Å²) in [7, 11) is 0. The molecule has 0 fully saturated rings. The highest BCUT2D eigenvalue weighted by Gasteiger charge is 1.95. The van der Waals surface area contributed by atoms with E-state index in [1.54, 1.807) is 0 Å². The van der Waals surface area contributed by atoms with Crippen molar-refractivity contribution in [2.24, 2.45) is 0 Å². The van der Waals surface area contributed by atoms with Crippen LogP contribution in [0.25, 0.3) is 11.1 Å². The highest BCUT2D eigenvalue weighted by Crippen LogP contribution is 2.18. The average molecular weight is 253 g/mol. The Kier molecular flexibility index (Phi) is 4.76. The Morgan fingerprint density at radius 3 is 2.63 bits per heavy atom. The van der Waals surface area contributed by atoms with Crippen LogP contribution in [0.1, 0.15) is 11.1 Å². The number of hydrogen-bond acceptors (Lipinski definition) is 1. The molecule has 0 unspecified atom stereocenters. The Hall–Kier alpha value is -2.06. The van der Waals surface area contributed by atoms with Crippen molar-refractivity contribution in [1.82, 2.24) is 4.98 Å². The van der Waals surface area contributed by atoms with Gasteiger partial charge in [0, 0.05) is 19.0 Å². The van der Waals surface area contributed by atoms with Crippen molar-refractivity contribution in [2.75, 3.05) is 6.61 Å². The third kappa shape index (κ3) is 3.97.